The third-order valence-electron chi connectivity index (χ3n) is 3.27. The molecule has 0 bridgehead atoms. The molecule has 6 heteroatoms. The molecule has 0 spiro atoms. The third kappa shape index (κ3) is 2.77. The van der Waals surface area contributed by atoms with Crippen LogP contribution in [0, 0.1) is 0 Å². The number of pyridine rings is 1. The van der Waals surface area contributed by atoms with Gasteiger partial charge in [-0.1, -0.05) is 0 Å². The van der Waals surface area contributed by atoms with Crippen LogP contribution in [0.25, 0.3) is 0 Å². The van der Waals surface area contributed by atoms with E-state index in [1.807, 2.05) is 0 Å². The molecule has 1 saturated heterocycles. The Morgan fingerprint density at radius 1 is 1.44 bits per heavy atom. The molecule has 2 rings (SSSR count). The molecule has 98 valence electrons. The first kappa shape index (κ1) is 12.8. The van der Waals surface area contributed by atoms with Gasteiger partial charge in [-0.3, -0.25) is 9.59 Å². The molecule has 0 saturated carbocycles. The van der Waals surface area contributed by atoms with Crippen LogP contribution < -0.4 is 16.6 Å². The first-order chi connectivity index (χ1) is 8.65. The Balaban J connectivity index is 2.09. The van der Waals surface area contributed by atoms with Crippen LogP contribution in [-0.4, -0.2) is 36.2 Å². The molecular formula is C12H17N3O3. The monoisotopic (exact) mass is 251 g/mol. The Bertz CT molecular complexity index is 457. The van der Waals surface area contributed by atoms with Crippen molar-refractivity contribution < 1.29 is 9.53 Å². The molecule has 1 aromatic heterocycles. The Morgan fingerprint density at radius 2 is 2.17 bits per heavy atom. The number of carbonyl (C=O) groups is 1. The third-order valence-corrected chi connectivity index (χ3v) is 3.27. The summed E-state index contributed by atoms with van der Waals surface area (Å²) in [6, 6.07) is 2.83. The number of ether oxygens (including phenoxy) is 1. The lowest BCUT2D eigenvalue weighted by Gasteiger charge is -2.36. The van der Waals surface area contributed by atoms with Crippen molar-refractivity contribution >= 4 is 5.91 Å². The highest BCUT2D eigenvalue weighted by molar-refractivity contribution is 5.94. The Labute approximate surface area is 105 Å². The standard InChI is InChI=1S/C12H17N3O3/c13-8-12(3-5-18-6-4-12)15-11(17)9-1-2-10(16)14-7-9/h1-2,7H,3-6,8,13H2,(H,14,16)(H,15,17). The Kier molecular flexibility index (Phi) is 3.78. The van der Waals surface area contributed by atoms with Crippen molar-refractivity contribution in [2.24, 2.45) is 5.73 Å². The van der Waals surface area contributed by atoms with E-state index < -0.39 is 5.54 Å². The van der Waals surface area contributed by atoms with Gasteiger partial charge in [0.05, 0.1) is 11.1 Å². The van der Waals surface area contributed by atoms with Crippen molar-refractivity contribution in [2.75, 3.05) is 19.8 Å². The Hall–Kier alpha value is -1.66. The lowest BCUT2D eigenvalue weighted by molar-refractivity contribution is 0.0388. The van der Waals surface area contributed by atoms with Gasteiger partial charge >= 0.3 is 0 Å². The fourth-order valence-corrected chi connectivity index (χ4v) is 2.01. The fourth-order valence-electron chi connectivity index (χ4n) is 2.01. The molecule has 1 aliphatic heterocycles. The number of aromatic amines is 1. The van der Waals surface area contributed by atoms with Crippen LogP contribution >= 0.6 is 0 Å². The van der Waals surface area contributed by atoms with Crippen LogP contribution in [0.1, 0.15) is 23.2 Å². The van der Waals surface area contributed by atoms with Crippen LogP contribution in [-0.2, 0) is 4.74 Å². The molecule has 0 radical (unpaired) electrons. The minimum Gasteiger partial charge on any atom is -0.381 e. The quantitative estimate of drug-likeness (QED) is 0.681. The van der Waals surface area contributed by atoms with Crippen molar-refractivity contribution in [2.45, 2.75) is 18.4 Å². The van der Waals surface area contributed by atoms with Gasteiger partial charge in [-0.2, -0.15) is 0 Å². The van der Waals surface area contributed by atoms with Crippen molar-refractivity contribution in [1.82, 2.24) is 10.3 Å². The average molecular weight is 251 g/mol. The van der Waals surface area contributed by atoms with E-state index in [1.54, 1.807) is 0 Å². The molecule has 18 heavy (non-hydrogen) atoms. The second-order valence-corrected chi connectivity index (χ2v) is 4.49. The van der Waals surface area contributed by atoms with E-state index in [0.29, 0.717) is 38.2 Å². The van der Waals surface area contributed by atoms with Gasteiger partial charge in [0.25, 0.3) is 5.91 Å². The fraction of sp³-hybridized carbons (Fsp3) is 0.500. The summed E-state index contributed by atoms with van der Waals surface area (Å²) in [5.41, 5.74) is 5.56. The van der Waals surface area contributed by atoms with E-state index in [-0.39, 0.29) is 11.5 Å². The van der Waals surface area contributed by atoms with E-state index in [4.69, 9.17) is 10.5 Å². The highest BCUT2D eigenvalue weighted by Crippen LogP contribution is 2.19. The normalized spacial score (nSPS) is 18.3. The van der Waals surface area contributed by atoms with Gasteiger partial charge in [0.2, 0.25) is 5.56 Å². The number of H-pyrrole nitrogens is 1. The number of hydrogen-bond acceptors (Lipinski definition) is 4. The highest BCUT2D eigenvalue weighted by Gasteiger charge is 2.32. The summed E-state index contributed by atoms with van der Waals surface area (Å²) in [4.78, 5) is 25.5. The van der Waals surface area contributed by atoms with Crippen LogP contribution in [0.2, 0.25) is 0 Å². The molecule has 1 aliphatic rings. The smallest absolute Gasteiger partial charge is 0.253 e. The summed E-state index contributed by atoms with van der Waals surface area (Å²) in [7, 11) is 0. The van der Waals surface area contributed by atoms with Crippen molar-refractivity contribution in [3.63, 3.8) is 0 Å². The number of carbonyl (C=O) groups excluding carboxylic acids is 1. The van der Waals surface area contributed by atoms with Crippen LogP contribution in [0.4, 0.5) is 0 Å². The molecule has 1 aromatic rings. The van der Waals surface area contributed by atoms with Gasteiger partial charge < -0.3 is 20.8 Å². The molecule has 0 atom stereocenters. The predicted molar refractivity (Wildman–Crippen MR) is 66.4 cm³/mol. The maximum Gasteiger partial charge on any atom is 0.253 e. The lowest BCUT2D eigenvalue weighted by atomic mass is 9.90. The van der Waals surface area contributed by atoms with Gasteiger partial charge in [0, 0.05) is 32.0 Å². The van der Waals surface area contributed by atoms with Crippen LogP contribution in [0.3, 0.4) is 0 Å². The molecule has 0 unspecified atom stereocenters. The second-order valence-electron chi connectivity index (χ2n) is 4.49. The first-order valence-electron chi connectivity index (χ1n) is 5.94. The van der Waals surface area contributed by atoms with E-state index >= 15 is 0 Å². The summed E-state index contributed by atoms with van der Waals surface area (Å²) >= 11 is 0. The molecular weight excluding hydrogens is 234 g/mol. The molecule has 6 nitrogen and oxygen atoms in total. The molecule has 1 fully saturated rings. The maximum absolute atomic E-state index is 12.1. The number of rotatable bonds is 3. The van der Waals surface area contributed by atoms with Crippen LogP contribution in [0.15, 0.2) is 23.1 Å². The summed E-state index contributed by atoms with van der Waals surface area (Å²) in [5.74, 6) is -0.224. The largest absolute Gasteiger partial charge is 0.381 e. The molecule has 1 amide bonds. The number of hydrogen-bond donors (Lipinski definition) is 3. The lowest BCUT2D eigenvalue weighted by Crippen LogP contribution is -2.56. The number of nitrogens with one attached hydrogen (secondary N) is 2. The molecule has 0 aliphatic carbocycles. The van der Waals surface area contributed by atoms with Gasteiger partial charge in [-0.25, -0.2) is 0 Å². The van der Waals surface area contributed by atoms with Crippen molar-refractivity contribution in [3.8, 4) is 0 Å². The number of aromatic nitrogens is 1. The second kappa shape index (κ2) is 5.32. The minimum atomic E-state index is -0.397. The highest BCUT2D eigenvalue weighted by atomic mass is 16.5. The zero-order chi connectivity index (χ0) is 13.0. The van der Waals surface area contributed by atoms with Gasteiger partial charge in [-0.05, 0) is 18.9 Å². The Morgan fingerprint density at radius 3 is 2.72 bits per heavy atom. The van der Waals surface area contributed by atoms with Gasteiger partial charge in [0.1, 0.15) is 0 Å². The SMILES string of the molecule is NCC1(NC(=O)c2ccc(=O)[nH]c2)CCOCC1. The van der Waals surface area contributed by atoms with Crippen molar-refractivity contribution in [3.05, 3.63) is 34.2 Å². The van der Waals surface area contributed by atoms with E-state index in [1.165, 1.54) is 18.3 Å². The van der Waals surface area contributed by atoms with Crippen LogP contribution in [0.5, 0.6) is 0 Å². The summed E-state index contributed by atoms with van der Waals surface area (Å²) in [6.07, 6.45) is 2.82. The van der Waals surface area contributed by atoms with Crippen molar-refractivity contribution in [1.29, 1.82) is 0 Å². The van der Waals surface area contributed by atoms with Gasteiger partial charge in [-0.15, -0.1) is 0 Å². The molecule has 4 N–H and O–H groups in total. The zero-order valence-corrected chi connectivity index (χ0v) is 10.1. The minimum absolute atomic E-state index is 0.224. The zero-order valence-electron chi connectivity index (χ0n) is 10.1. The van der Waals surface area contributed by atoms with E-state index in [9.17, 15) is 9.59 Å². The summed E-state index contributed by atoms with van der Waals surface area (Å²) in [5, 5.41) is 2.95. The molecule has 0 aromatic carbocycles. The van der Waals surface area contributed by atoms with E-state index in [0.717, 1.165) is 0 Å². The summed E-state index contributed by atoms with van der Waals surface area (Å²) in [6.45, 7) is 1.58. The topological polar surface area (TPSA) is 97.2 Å². The molecule has 2 heterocycles. The summed E-state index contributed by atoms with van der Waals surface area (Å²) < 4.78 is 5.28. The number of nitrogens with two attached hydrogens (primary N) is 1. The number of amides is 1. The maximum atomic E-state index is 12.1. The predicted octanol–water partition coefficient (Wildman–Crippen LogP) is -0.387. The van der Waals surface area contributed by atoms with Gasteiger partial charge in [0.15, 0.2) is 0 Å². The first-order valence-corrected chi connectivity index (χ1v) is 5.94. The average Bonchev–Trinajstić information content (AvgIpc) is 2.40. The van der Waals surface area contributed by atoms with E-state index in [2.05, 4.69) is 10.3 Å².